The van der Waals surface area contributed by atoms with Crippen LogP contribution in [0.25, 0.3) is 12.2 Å². The van der Waals surface area contributed by atoms with Gasteiger partial charge in [0.05, 0.1) is 60.3 Å². The minimum absolute atomic E-state index is 0.0796. The number of phenolic OH excluding ortho intramolecular Hbond substituents is 1. The zero-order chi connectivity index (χ0) is 47.5. The monoisotopic (exact) mass is 952 g/mol. The number of benzene rings is 4. The van der Waals surface area contributed by atoms with Crippen molar-refractivity contribution in [3.05, 3.63) is 147 Å². The molecule has 4 aromatic carbocycles. The maximum Gasteiger partial charge on any atom is 0.417 e. The van der Waals surface area contributed by atoms with Gasteiger partial charge in [0, 0.05) is 22.7 Å². The van der Waals surface area contributed by atoms with Crippen molar-refractivity contribution in [3.8, 4) is 23.0 Å². The summed E-state index contributed by atoms with van der Waals surface area (Å²) in [5, 5.41) is 11.4. The number of carbonyl (C=O) groups excluding carboxylic acids is 4. The number of phenols is 1. The molecule has 1 aromatic heterocycles. The number of carbonyl (C=O) groups is 4. The van der Waals surface area contributed by atoms with Crippen LogP contribution < -0.4 is 24.5 Å². The number of fused-ring (bicyclic) bond motifs is 4. The number of alkyl halides is 3. The van der Waals surface area contributed by atoms with Crippen molar-refractivity contribution in [1.29, 1.82) is 0 Å². The van der Waals surface area contributed by atoms with E-state index < -0.39 is 75.4 Å². The van der Waals surface area contributed by atoms with Crippen molar-refractivity contribution in [2.75, 3.05) is 31.2 Å². The second-order valence-electron chi connectivity index (χ2n) is 16.6. The smallest absolute Gasteiger partial charge is 0.417 e. The quantitative estimate of drug-likeness (QED) is 0.0745. The van der Waals surface area contributed by atoms with E-state index in [2.05, 4.69) is 10.4 Å². The lowest BCUT2D eigenvalue weighted by molar-refractivity contribution is -0.139. The zero-order valence-corrected chi connectivity index (χ0v) is 37.5. The minimum atomic E-state index is -4.77. The Labute approximate surface area is 392 Å². The topological polar surface area (TPSA) is 148 Å². The van der Waals surface area contributed by atoms with Gasteiger partial charge in [-0.25, -0.2) is 4.98 Å². The summed E-state index contributed by atoms with van der Waals surface area (Å²) in [6.07, 6.45) is 1.40. The van der Waals surface area contributed by atoms with Gasteiger partial charge in [0.1, 0.15) is 11.5 Å². The second kappa shape index (κ2) is 17.4. The highest BCUT2D eigenvalue weighted by atomic mass is 35.5. The third-order valence-corrected chi connectivity index (χ3v) is 13.8. The van der Waals surface area contributed by atoms with Crippen LogP contribution in [-0.2, 0) is 30.8 Å². The molecule has 4 aliphatic rings. The predicted molar refractivity (Wildman–Crippen MR) is 244 cm³/mol. The first-order valence-corrected chi connectivity index (χ1v) is 22.0. The first-order chi connectivity index (χ1) is 32.1. The number of ether oxygens (including phenoxy) is 3. The molecule has 3 fully saturated rings. The number of hydrazine groups is 1. The summed E-state index contributed by atoms with van der Waals surface area (Å²) in [5.41, 5.74) is 3.06. The van der Waals surface area contributed by atoms with Gasteiger partial charge in [0.25, 0.3) is 11.8 Å². The number of imide groups is 2. The number of methoxy groups -OCH3 is 2. The molecule has 1 saturated carbocycles. The molecule has 0 bridgehead atoms. The Morgan fingerprint density at radius 3 is 2.28 bits per heavy atom. The van der Waals surface area contributed by atoms with E-state index in [0.29, 0.717) is 51.2 Å². The number of hydrogen-bond acceptors (Lipinski definition) is 10. The SMILES string of the molecule is CCOc1cc([C@H]2C3=CC[C@@H]4C(=O)N(c5ccc(C=Cc6cc(OC)ccc6OC)cc5)C(=O)[C@@H]4[C@@H]3C[C@H]3C(=O)N(Nc4ncc(C(F)(F)F)cc4Cl)C(=O)[C@@]23c2ccc(Cl)cc2)ccc1O. The van der Waals surface area contributed by atoms with Crippen LogP contribution in [0.1, 0.15) is 53.5 Å². The number of anilines is 2. The van der Waals surface area contributed by atoms with Gasteiger partial charge < -0.3 is 19.3 Å². The lowest BCUT2D eigenvalue weighted by atomic mass is 9.49. The highest BCUT2D eigenvalue weighted by molar-refractivity contribution is 6.33. The van der Waals surface area contributed by atoms with Crippen LogP contribution >= 0.6 is 23.2 Å². The van der Waals surface area contributed by atoms with Crippen LogP contribution in [0.15, 0.2) is 109 Å². The van der Waals surface area contributed by atoms with Gasteiger partial charge in [-0.15, -0.1) is 0 Å². The number of allylic oxidation sites excluding steroid dienone is 2. The molecule has 17 heteroatoms. The summed E-state index contributed by atoms with van der Waals surface area (Å²) >= 11 is 12.7. The molecule has 67 heavy (non-hydrogen) atoms. The fourth-order valence-corrected chi connectivity index (χ4v) is 10.6. The normalized spacial score (nSPS) is 23.5. The molecule has 2 aliphatic carbocycles. The predicted octanol–water partition coefficient (Wildman–Crippen LogP) is 9.89. The summed E-state index contributed by atoms with van der Waals surface area (Å²) in [5.74, 6) is -6.37. The maximum atomic E-state index is 15.5. The van der Waals surface area contributed by atoms with Gasteiger partial charge in [0.2, 0.25) is 11.8 Å². The van der Waals surface area contributed by atoms with Crippen molar-refractivity contribution in [2.45, 2.75) is 37.3 Å². The molecule has 4 amide bonds. The molecule has 5 aromatic rings. The number of nitrogens with zero attached hydrogens (tertiary/aromatic N) is 3. The van der Waals surface area contributed by atoms with Gasteiger partial charge in [-0.2, -0.15) is 18.2 Å². The van der Waals surface area contributed by atoms with Gasteiger partial charge in [-0.05, 0) is 103 Å². The van der Waals surface area contributed by atoms with Gasteiger partial charge in [-0.1, -0.05) is 77.3 Å². The van der Waals surface area contributed by atoms with Crippen LogP contribution in [0.3, 0.4) is 0 Å². The number of halogens is 5. The number of aromatic hydroxyl groups is 1. The van der Waals surface area contributed by atoms with Crippen LogP contribution in [0.2, 0.25) is 10.0 Å². The van der Waals surface area contributed by atoms with Gasteiger partial charge in [-0.3, -0.25) is 29.5 Å². The summed E-state index contributed by atoms with van der Waals surface area (Å²) in [6.45, 7) is 1.91. The molecule has 2 N–H and O–H groups in total. The fraction of sp³-hybridized carbons (Fsp3) is 0.260. The zero-order valence-electron chi connectivity index (χ0n) is 36.0. The summed E-state index contributed by atoms with van der Waals surface area (Å²) in [7, 11) is 3.14. The molecule has 0 spiro atoms. The number of rotatable bonds is 11. The van der Waals surface area contributed by atoms with Gasteiger partial charge in [0.15, 0.2) is 17.3 Å². The Kier molecular flexibility index (Phi) is 11.8. The summed E-state index contributed by atoms with van der Waals surface area (Å²) in [4.78, 5) is 65.0. The molecule has 0 radical (unpaired) electrons. The van der Waals surface area contributed by atoms with E-state index >= 15 is 9.59 Å². The average Bonchev–Trinajstić information content (AvgIpc) is 3.69. The molecule has 344 valence electrons. The molecule has 3 heterocycles. The van der Waals surface area contributed by atoms with Crippen molar-refractivity contribution in [2.24, 2.45) is 23.7 Å². The third kappa shape index (κ3) is 7.63. The number of aromatic nitrogens is 1. The van der Waals surface area contributed by atoms with E-state index in [-0.39, 0.29) is 36.8 Å². The van der Waals surface area contributed by atoms with E-state index in [0.717, 1.165) is 16.1 Å². The van der Waals surface area contributed by atoms with Crippen molar-refractivity contribution < 1.29 is 51.7 Å². The Morgan fingerprint density at radius 1 is 0.866 bits per heavy atom. The van der Waals surface area contributed by atoms with Crippen LogP contribution in [0.4, 0.5) is 24.7 Å². The van der Waals surface area contributed by atoms with Gasteiger partial charge >= 0.3 is 6.18 Å². The van der Waals surface area contributed by atoms with E-state index in [1.807, 2.05) is 24.3 Å². The summed E-state index contributed by atoms with van der Waals surface area (Å²) in [6, 6.07) is 24.0. The second-order valence-corrected chi connectivity index (χ2v) is 17.5. The fourth-order valence-electron chi connectivity index (χ4n) is 10.3. The lowest BCUT2D eigenvalue weighted by Crippen LogP contribution is -2.53. The molecule has 9 rings (SSSR count). The van der Waals surface area contributed by atoms with Crippen LogP contribution in [0.5, 0.6) is 23.0 Å². The first-order valence-electron chi connectivity index (χ1n) is 21.3. The molecule has 2 saturated heterocycles. The summed E-state index contributed by atoms with van der Waals surface area (Å²) < 4.78 is 57.5. The first kappa shape index (κ1) is 45.3. The molecule has 6 atom stereocenters. The van der Waals surface area contributed by atoms with Crippen molar-refractivity contribution in [3.63, 3.8) is 0 Å². The number of amides is 4. The highest BCUT2D eigenvalue weighted by Crippen LogP contribution is 2.64. The molecule has 0 unspecified atom stereocenters. The Bertz CT molecular complexity index is 2890. The molecule has 12 nitrogen and oxygen atoms in total. The average molecular weight is 954 g/mol. The number of pyridine rings is 1. The van der Waals surface area contributed by atoms with E-state index in [1.54, 1.807) is 93.9 Å². The standard InChI is InChI=1S/C50H41Cl2F3N4O8/c1-4-67-41-22-28(9-19-39(41)60)43-34-17-18-35-42(47(63)58(45(35)61)32-14-6-26(7-15-32)5-8-27-21-33(65-2)16-20-40(27)66-3)36(34)24-37-46(62)59(48(64)49(37,43)29-10-12-31(51)13-11-29)57-44-38(52)23-30(25-56-44)50(53,54)55/h5-17,19-23,25,35-37,42-43,60H,4,18,24H2,1-3H3,(H,56,57)/t35-,36+,37-,42-,43-,49+/m0/s1. The van der Waals surface area contributed by atoms with E-state index in [4.69, 9.17) is 37.4 Å². The van der Waals surface area contributed by atoms with E-state index in [9.17, 15) is 27.9 Å². The maximum absolute atomic E-state index is 15.5. The Hall–Kier alpha value is -6.84. The highest BCUT2D eigenvalue weighted by Gasteiger charge is 2.70. The van der Waals surface area contributed by atoms with Crippen LogP contribution in [-0.4, -0.2) is 59.6 Å². The Morgan fingerprint density at radius 2 is 1.61 bits per heavy atom. The largest absolute Gasteiger partial charge is 0.504 e. The van der Waals surface area contributed by atoms with E-state index in [1.165, 1.54) is 11.0 Å². The number of hydrogen-bond donors (Lipinski definition) is 2. The minimum Gasteiger partial charge on any atom is -0.504 e. The number of nitrogens with one attached hydrogen (secondary N) is 1. The van der Waals surface area contributed by atoms with Crippen molar-refractivity contribution >= 4 is 70.5 Å². The lowest BCUT2D eigenvalue weighted by Gasteiger charge is -2.50. The van der Waals surface area contributed by atoms with Crippen LogP contribution in [0, 0.1) is 23.7 Å². The third-order valence-electron chi connectivity index (χ3n) is 13.2. The molecular formula is C50H41Cl2F3N4O8. The Balaban J connectivity index is 1.13. The van der Waals surface area contributed by atoms with Crippen molar-refractivity contribution in [1.82, 2.24) is 9.99 Å². The molecule has 2 aliphatic heterocycles. The molecular weight excluding hydrogens is 912 g/mol.